The molecule has 244 valence electrons. The van der Waals surface area contributed by atoms with Crippen LogP contribution in [0.5, 0.6) is 11.5 Å². The first-order valence-corrected chi connectivity index (χ1v) is 16.7. The number of allylic oxidation sites excluding steroid dienone is 2. The Labute approximate surface area is 329 Å². The van der Waals surface area contributed by atoms with Crippen molar-refractivity contribution in [2.45, 2.75) is 13.1 Å². The molecule has 0 aliphatic carbocycles. The second-order valence-electron chi connectivity index (χ2n) is 10.2. The van der Waals surface area contributed by atoms with Crippen molar-refractivity contribution >= 4 is 42.6 Å². The fraction of sp³-hybridized carbons (Fsp3) is 0.0625. The number of rotatable bonds is 10. The molecule has 0 aliphatic rings. The Morgan fingerprint density at radius 1 is 0.580 bits per heavy atom. The van der Waals surface area contributed by atoms with Gasteiger partial charge in [-0.25, -0.2) is 26.8 Å². The number of para-hydroxylation sites is 2. The molecule has 0 atom stereocenters. The van der Waals surface area contributed by atoms with Crippen molar-refractivity contribution in [3.05, 3.63) is 130 Å². The van der Waals surface area contributed by atoms with Gasteiger partial charge in [0.25, 0.3) is 31.9 Å². The third kappa shape index (κ3) is 9.15. The number of aromatic nitrogens is 4. The molecule has 6 rings (SSSR count). The van der Waals surface area contributed by atoms with Crippen LogP contribution in [0.25, 0.3) is 44.6 Å². The number of benzene rings is 4. The summed E-state index contributed by atoms with van der Waals surface area (Å²) in [6, 6.07) is 24.5. The average Bonchev–Trinajstić information content (AvgIpc) is 3.03. The molecular formula is C32H22N4Na2O10S2. The van der Waals surface area contributed by atoms with Crippen molar-refractivity contribution in [3.8, 4) is 34.3 Å². The van der Waals surface area contributed by atoms with Crippen LogP contribution in [0.2, 0.25) is 0 Å². The van der Waals surface area contributed by atoms with Crippen LogP contribution in [-0.2, 0) is 33.9 Å². The van der Waals surface area contributed by atoms with Gasteiger partial charge in [0, 0.05) is 24.2 Å². The predicted molar refractivity (Wildman–Crippen MR) is 173 cm³/mol. The quantitative estimate of drug-likeness (QED) is 0.0616. The summed E-state index contributed by atoms with van der Waals surface area (Å²) in [6.45, 7) is -0.0700. The third-order valence-corrected chi connectivity index (χ3v) is 7.84. The molecule has 0 N–H and O–H groups in total. The molecule has 0 fully saturated rings. The molecule has 0 saturated heterocycles. The normalized spacial score (nSPS) is 11.6. The van der Waals surface area contributed by atoms with Gasteiger partial charge >= 0.3 is 59.1 Å². The molecule has 0 bridgehead atoms. The van der Waals surface area contributed by atoms with Crippen molar-refractivity contribution in [2.75, 3.05) is 0 Å². The van der Waals surface area contributed by atoms with Crippen LogP contribution in [0.1, 0.15) is 0 Å². The summed E-state index contributed by atoms with van der Waals surface area (Å²) >= 11 is 0. The minimum Gasteiger partial charge on any atom is -0.716 e. The summed E-state index contributed by atoms with van der Waals surface area (Å²) < 4.78 is 78.8. The average molecular weight is 733 g/mol. The molecular weight excluding hydrogens is 710 g/mol. The van der Waals surface area contributed by atoms with Crippen LogP contribution in [0.15, 0.2) is 119 Å². The molecule has 0 unspecified atom stereocenters. The van der Waals surface area contributed by atoms with E-state index in [0.29, 0.717) is 32.9 Å². The Morgan fingerprint density at radius 3 is 1.34 bits per heavy atom. The maximum absolute atomic E-state index is 13.6. The van der Waals surface area contributed by atoms with Crippen LogP contribution in [-0.4, -0.2) is 45.0 Å². The fourth-order valence-electron chi connectivity index (χ4n) is 5.09. The second kappa shape index (κ2) is 16.1. The minimum absolute atomic E-state index is 0. The molecule has 0 aliphatic heterocycles. The molecule has 14 nitrogen and oxygen atoms in total. The van der Waals surface area contributed by atoms with Crippen molar-refractivity contribution < 1.29 is 93.4 Å². The van der Waals surface area contributed by atoms with Crippen molar-refractivity contribution in [1.82, 2.24) is 19.1 Å². The maximum Gasteiger partial charge on any atom is 1.00 e. The van der Waals surface area contributed by atoms with E-state index >= 15 is 0 Å². The van der Waals surface area contributed by atoms with E-state index in [4.69, 9.17) is 0 Å². The first kappa shape index (κ1) is 39.1. The molecule has 0 radical (unpaired) electrons. The van der Waals surface area contributed by atoms with Gasteiger partial charge in [-0.15, -0.1) is 0 Å². The monoisotopic (exact) mass is 732 g/mol. The van der Waals surface area contributed by atoms with Crippen molar-refractivity contribution in [2.24, 2.45) is 0 Å². The molecule has 0 spiro atoms. The molecule has 2 heterocycles. The third-order valence-electron chi connectivity index (χ3n) is 7.05. The summed E-state index contributed by atoms with van der Waals surface area (Å²) in [6.07, 6.45) is 3.25. The minimum atomic E-state index is -5.06. The van der Waals surface area contributed by atoms with E-state index in [2.05, 4.69) is 18.3 Å². The summed E-state index contributed by atoms with van der Waals surface area (Å²) in [5, 5.41) is 0.646. The van der Waals surface area contributed by atoms with E-state index in [1.165, 1.54) is 45.5 Å². The Bertz CT molecular complexity index is 2410. The van der Waals surface area contributed by atoms with E-state index in [1.54, 1.807) is 72.8 Å². The topological polar surface area (TPSA) is 203 Å². The maximum atomic E-state index is 13.6. The Kier molecular flexibility index (Phi) is 12.6. The van der Waals surface area contributed by atoms with Crippen molar-refractivity contribution in [3.63, 3.8) is 0 Å². The van der Waals surface area contributed by atoms with E-state index in [0.717, 1.165) is 0 Å². The summed E-state index contributed by atoms with van der Waals surface area (Å²) in [5.41, 5.74) is 0.556. The van der Waals surface area contributed by atoms with Gasteiger partial charge in [-0.3, -0.25) is 18.7 Å². The van der Waals surface area contributed by atoms with E-state index in [1.807, 2.05) is 0 Å². The van der Waals surface area contributed by atoms with Gasteiger partial charge in [0.15, 0.2) is 0 Å². The van der Waals surface area contributed by atoms with Gasteiger partial charge < -0.3 is 17.5 Å². The molecule has 50 heavy (non-hydrogen) atoms. The van der Waals surface area contributed by atoms with E-state index in [9.17, 15) is 35.5 Å². The predicted octanol–water partition coefficient (Wildman–Crippen LogP) is -2.62. The standard InChI is InChI=1S/C32H24N4O10S2.2Na/c37-31-25-13-1-3-15-27(25)33-29(21-9-7-11-23(19-21)45-47(39,40)41)35(31)17-5-6-18-36-30(34-28-16-4-2-14-26(28)32(36)38)22-10-8-12-24(20-22)46-48(42,43)44;;/h1-16,19-20H,17-18H2,(H,39,40,41)(H,42,43,44);;/q;2*+1/p-2/b6-5+;;. The fourth-order valence-corrected chi connectivity index (χ4v) is 5.76. The van der Waals surface area contributed by atoms with Crippen molar-refractivity contribution in [1.29, 1.82) is 0 Å². The molecule has 4 aromatic carbocycles. The van der Waals surface area contributed by atoms with Crippen LogP contribution >= 0.6 is 0 Å². The number of nitrogens with zero attached hydrogens (tertiary/aromatic N) is 4. The zero-order valence-electron chi connectivity index (χ0n) is 26.5. The Morgan fingerprint density at radius 2 is 0.960 bits per heavy atom. The zero-order chi connectivity index (χ0) is 34.1. The van der Waals surface area contributed by atoms with Crippen LogP contribution in [0.4, 0.5) is 0 Å². The van der Waals surface area contributed by atoms with Gasteiger partial charge in [0.2, 0.25) is 0 Å². The Hall–Kier alpha value is -3.68. The summed E-state index contributed by atoms with van der Waals surface area (Å²) in [5.74, 6) is -0.199. The molecule has 2 aromatic heterocycles. The molecule has 18 heteroatoms. The number of fused-ring (bicyclic) bond motifs is 2. The number of hydrogen-bond acceptors (Lipinski definition) is 12. The van der Waals surface area contributed by atoms with Crippen LogP contribution < -0.4 is 78.6 Å². The zero-order valence-corrected chi connectivity index (χ0v) is 32.1. The van der Waals surface area contributed by atoms with Gasteiger partial charge in [-0.2, -0.15) is 0 Å². The summed E-state index contributed by atoms with van der Waals surface area (Å²) in [7, 11) is -10.1. The SMILES string of the molecule is O=c1c2ccccc2nc(-c2cccc(OS(=O)(=O)[O-])c2)n1C/C=C/Cn1c(-c2cccc(OS(=O)(=O)[O-])c2)nc2ccccc2c1=O.[Na+].[Na+]. The smallest absolute Gasteiger partial charge is 0.716 e. The molecule has 6 aromatic rings. The van der Waals surface area contributed by atoms with E-state index in [-0.39, 0.29) is 95.4 Å². The van der Waals surface area contributed by atoms with Gasteiger partial charge in [0.1, 0.15) is 23.1 Å². The first-order chi connectivity index (χ1) is 22.9. The van der Waals surface area contributed by atoms with Gasteiger partial charge in [0.05, 0.1) is 21.8 Å². The van der Waals surface area contributed by atoms with E-state index < -0.39 is 31.9 Å². The summed E-state index contributed by atoms with van der Waals surface area (Å²) in [4.78, 5) is 36.5. The largest absolute Gasteiger partial charge is 1.00 e. The second-order valence-corrected chi connectivity index (χ2v) is 12.2. The van der Waals surface area contributed by atoms with Gasteiger partial charge in [-0.1, -0.05) is 60.7 Å². The van der Waals surface area contributed by atoms with Crippen LogP contribution in [0, 0.1) is 0 Å². The first-order valence-electron chi connectivity index (χ1n) is 14.0. The van der Waals surface area contributed by atoms with Crippen LogP contribution in [0.3, 0.4) is 0 Å². The molecule has 0 amide bonds. The number of hydrogen-bond donors (Lipinski definition) is 0. The Balaban J connectivity index is 0.00000281. The van der Waals surface area contributed by atoms with Gasteiger partial charge in [-0.05, 0) is 48.5 Å². The molecule has 0 saturated carbocycles.